The van der Waals surface area contributed by atoms with Gasteiger partial charge in [-0.05, 0) is 67.6 Å². The fourth-order valence-corrected chi connectivity index (χ4v) is 7.36. The van der Waals surface area contributed by atoms with E-state index in [1.807, 2.05) is 29.2 Å². The third-order valence-corrected chi connectivity index (χ3v) is 8.99. The molecule has 6 heteroatoms. The Morgan fingerprint density at radius 2 is 1.88 bits per heavy atom. The van der Waals surface area contributed by atoms with Gasteiger partial charge in [0.2, 0.25) is 0 Å². The van der Waals surface area contributed by atoms with Crippen molar-refractivity contribution in [3.8, 4) is 11.1 Å². The van der Waals surface area contributed by atoms with Gasteiger partial charge in [-0.3, -0.25) is 9.69 Å². The Balaban J connectivity index is 2.01. The average molecular weight is 509 g/mol. The second kappa shape index (κ2) is 6.51. The van der Waals surface area contributed by atoms with Crippen molar-refractivity contribution in [2.75, 3.05) is 4.90 Å². The molecule has 0 unspecified atom stereocenters. The van der Waals surface area contributed by atoms with Crippen LogP contribution in [-0.2, 0) is 5.54 Å². The highest BCUT2D eigenvalue weighted by Gasteiger charge is 2.43. The number of hydrogen-bond donors (Lipinski definition) is 0. The summed E-state index contributed by atoms with van der Waals surface area (Å²) < 4.78 is 1.87. The number of fused-ring (bicyclic) bond motifs is 3. The SMILES string of the molecule is Cc1ccc2c(c1)-c1c(ssc1=S)C(C)(C)N2C(=O)c1ccccc1I. The zero-order valence-corrected chi connectivity index (χ0v) is 19.1. The largest absolute Gasteiger partial charge is 0.297 e. The fourth-order valence-electron chi connectivity index (χ4n) is 3.46. The summed E-state index contributed by atoms with van der Waals surface area (Å²) >= 11 is 7.87. The molecule has 1 aliphatic heterocycles. The molecule has 0 bridgehead atoms. The van der Waals surface area contributed by atoms with Gasteiger partial charge in [0, 0.05) is 14.7 Å². The number of hydrogen-bond acceptors (Lipinski definition) is 4. The first kappa shape index (κ1) is 18.3. The van der Waals surface area contributed by atoms with Crippen LogP contribution >= 0.6 is 55.5 Å². The molecule has 2 nitrogen and oxygen atoms in total. The van der Waals surface area contributed by atoms with E-state index in [0.717, 1.165) is 29.8 Å². The van der Waals surface area contributed by atoms with E-state index in [1.54, 1.807) is 20.7 Å². The molecule has 1 aromatic heterocycles. The summed E-state index contributed by atoms with van der Waals surface area (Å²) in [7, 11) is 3.31. The minimum atomic E-state index is -0.453. The number of carbonyl (C=O) groups excluding carboxylic acids is 1. The van der Waals surface area contributed by atoms with E-state index in [4.69, 9.17) is 12.2 Å². The summed E-state index contributed by atoms with van der Waals surface area (Å²) in [6, 6.07) is 14.0. The zero-order valence-electron chi connectivity index (χ0n) is 14.5. The lowest BCUT2D eigenvalue weighted by Gasteiger charge is -2.43. The van der Waals surface area contributed by atoms with Crippen molar-refractivity contribution in [3.63, 3.8) is 0 Å². The highest BCUT2D eigenvalue weighted by molar-refractivity contribution is 14.1. The van der Waals surface area contributed by atoms with Gasteiger partial charge in [0.1, 0.15) is 3.82 Å². The Labute approximate surface area is 179 Å². The summed E-state index contributed by atoms with van der Waals surface area (Å²) in [4.78, 5) is 16.7. The predicted octanol–water partition coefficient (Wildman–Crippen LogP) is 7.01. The minimum Gasteiger partial charge on any atom is -0.297 e. The summed E-state index contributed by atoms with van der Waals surface area (Å²) in [5, 5.41) is 0. The number of benzene rings is 2. The molecule has 0 saturated heterocycles. The number of nitrogens with zero attached hydrogens (tertiary/aromatic N) is 1. The smallest absolute Gasteiger partial charge is 0.260 e. The predicted molar refractivity (Wildman–Crippen MR) is 122 cm³/mol. The summed E-state index contributed by atoms with van der Waals surface area (Å²) in [5.74, 6) is 0.0278. The molecule has 2 aromatic carbocycles. The number of anilines is 1. The van der Waals surface area contributed by atoms with Crippen molar-refractivity contribution in [1.82, 2.24) is 0 Å². The molecule has 1 amide bonds. The van der Waals surface area contributed by atoms with Crippen LogP contribution in [0, 0.1) is 14.3 Å². The number of amides is 1. The minimum absolute atomic E-state index is 0.0278. The molecule has 4 rings (SSSR count). The molecule has 0 spiro atoms. The first-order chi connectivity index (χ1) is 12.3. The standard InChI is InChI=1S/C20H16INOS3/c1-11-8-9-15-13(10-11)16-17(25-26-19(16)24)20(2,3)22(15)18(23)12-6-4-5-7-14(12)21/h4-10H,1-3H3. The molecule has 1 aliphatic rings. The topological polar surface area (TPSA) is 20.3 Å². The monoisotopic (exact) mass is 509 g/mol. The molecule has 26 heavy (non-hydrogen) atoms. The lowest BCUT2D eigenvalue weighted by molar-refractivity contribution is 0.0960. The Morgan fingerprint density at radius 3 is 2.62 bits per heavy atom. The first-order valence-corrected chi connectivity index (χ1v) is 11.8. The second-order valence-corrected chi connectivity index (χ2v) is 10.8. The van der Waals surface area contributed by atoms with Crippen LogP contribution in [0.15, 0.2) is 42.5 Å². The van der Waals surface area contributed by atoms with Crippen LogP contribution in [0.25, 0.3) is 11.1 Å². The van der Waals surface area contributed by atoms with E-state index in [9.17, 15) is 4.79 Å². The number of aryl methyl sites for hydroxylation is 1. The average Bonchev–Trinajstić information content (AvgIpc) is 2.98. The van der Waals surface area contributed by atoms with Gasteiger partial charge < -0.3 is 0 Å². The molecular formula is C20H16INOS3. The third-order valence-electron chi connectivity index (χ3n) is 4.72. The second-order valence-electron chi connectivity index (χ2n) is 6.86. The molecule has 3 aromatic rings. The van der Waals surface area contributed by atoms with E-state index < -0.39 is 5.54 Å². The van der Waals surface area contributed by atoms with Crippen molar-refractivity contribution >= 4 is 67.1 Å². The van der Waals surface area contributed by atoms with Gasteiger partial charge in [-0.25, -0.2) is 0 Å². The van der Waals surface area contributed by atoms with Gasteiger partial charge >= 0.3 is 0 Å². The molecule has 0 radical (unpaired) electrons. The van der Waals surface area contributed by atoms with Gasteiger partial charge in [0.15, 0.2) is 0 Å². The van der Waals surface area contributed by atoms with Crippen LogP contribution in [0.3, 0.4) is 0 Å². The lowest BCUT2D eigenvalue weighted by Crippen LogP contribution is -2.48. The van der Waals surface area contributed by atoms with Gasteiger partial charge in [0.25, 0.3) is 5.91 Å². The molecule has 132 valence electrons. The van der Waals surface area contributed by atoms with Crippen molar-refractivity contribution < 1.29 is 4.79 Å². The molecular weight excluding hydrogens is 493 g/mol. The van der Waals surface area contributed by atoms with Crippen molar-refractivity contribution in [1.29, 1.82) is 0 Å². The maximum absolute atomic E-state index is 13.6. The number of carbonyl (C=O) groups is 1. The first-order valence-electron chi connectivity index (χ1n) is 8.16. The molecule has 0 aliphatic carbocycles. The van der Waals surface area contributed by atoms with E-state index in [0.29, 0.717) is 0 Å². The van der Waals surface area contributed by atoms with E-state index in [1.165, 1.54) is 10.4 Å². The molecule has 0 atom stereocenters. The van der Waals surface area contributed by atoms with Gasteiger partial charge in [-0.15, -0.1) is 0 Å². The van der Waals surface area contributed by atoms with Gasteiger partial charge in [-0.1, -0.05) is 56.7 Å². The van der Waals surface area contributed by atoms with Crippen LogP contribution in [0.1, 0.15) is 34.6 Å². The quantitative estimate of drug-likeness (QED) is 0.200. The number of halogens is 1. The Kier molecular flexibility index (Phi) is 4.58. The van der Waals surface area contributed by atoms with E-state index in [2.05, 4.69) is 61.6 Å². The van der Waals surface area contributed by atoms with Crippen molar-refractivity contribution in [2.24, 2.45) is 0 Å². The third kappa shape index (κ3) is 2.69. The Morgan fingerprint density at radius 1 is 1.15 bits per heavy atom. The van der Waals surface area contributed by atoms with Crippen molar-refractivity contribution in [3.05, 3.63) is 65.9 Å². The lowest BCUT2D eigenvalue weighted by atomic mass is 9.86. The van der Waals surface area contributed by atoms with E-state index >= 15 is 0 Å². The van der Waals surface area contributed by atoms with Crippen molar-refractivity contribution in [2.45, 2.75) is 26.3 Å². The highest BCUT2D eigenvalue weighted by atomic mass is 127. The maximum Gasteiger partial charge on any atom is 0.260 e. The van der Waals surface area contributed by atoms with Crippen LogP contribution < -0.4 is 4.90 Å². The normalized spacial score (nSPS) is 14.7. The summed E-state index contributed by atoms with van der Waals surface area (Å²) in [5.41, 5.74) is 4.59. The highest BCUT2D eigenvalue weighted by Crippen LogP contribution is 2.52. The van der Waals surface area contributed by atoms with Crippen LogP contribution in [0.2, 0.25) is 0 Å². The number of rotatable bonds is 1. The molecule has 0 saturated carbocycles. The fraction of sp³-hybridized carbons (Fsp3) is 0.200. The van der Waals surface area contributed by atoms with E-state index in [-0.39, 0.29) is 5.91 Å². The van der Waals surface area contributed by atoms with Gasteiger partial charge in [0.05, 0.1) is 21.7 Å². The molecule has 0 fully saturated rings. The molecule has 2 heterocycles. The van der Waals surface area contributed by atoms with Gasteiger partial charge in [-0.2, -0.15) is 0 Å². The van der Waals surface area contributed by atoms with Crippen LogP contribution in [-0.4, -0.2) is 5.91 Å². The maximum atomic E-state index is 13.6. The van der Waals surface area contributed by atoms with Crippen LogP contribution in [0.5, 0.6) is 0 Å². The Bertz CT molecular complexity index is 1100. The molecule has 0 N–H and O–H groups in total. The van der Waals surface area contributed by atoms with Crippen LogP contribution in [0.4, 0.5) is 5.69 Å². The zero-order chi connectivity index (χ0) is 18.6. The summed E-state index contributed by atoms with van der Waals surface area (Å²) in [6.07, 6.45) is 0. The summed E-state index contributed by atoms with van der Waals surface area (Å²) in [6.45, 7) is 6.30. The Hall–Kier alpha value is -1.09.